The van der Waals surface area contributed by atoms with Crippen LogP contribution in [0.5, 0.6) is 11.6 Å². The summed E-state index contributed by atoms with van der Waals surface area (Å²) < 4.78 is 33.1. The van der Waals surface area contributed by atoms with E-state index >= 15 is 0 Å². The third kappa shape index (κ3) is 5.11. The molecule has 10 heteroatoms. The maximum absolute atomic E-state index is 12.5. The molecule has 1 aromatic heterocycles. The number of hydrogen-bond acceptors (Lipinski definition) is 5. The predicted molar refractivity (Wildman–Crippen MR) is 114 cm³/mol. The predicted octanol–water partition coefficient (Wildman–Crippen LogP) is 4.62. The van der Waals surface area contributed by atoms with Crippen LogP contribution in [0.2, 0.25) is 10.2 Å². The Bertz CT molecular complexity index is 1140. The highest BCUT2D eigenvalue weighted by Gasteiger charge is 2.14. The van der Waals surface area contributed by atoms with E-state index < -0.39 is 10.0 Å². The molecule has 0 bridgehead atoms. The average molecular weight is 454 g/mol. The van der Waals surface area contributed by atoms with Gasteiger partial charge in [0.25, 0.3) is 10.0 Å². The summed E-state index contributed by atoms with van der Waals surface area (Å²) in [6.45, 7) is 0. The largest absolute Gasteiger partial charge is 0.439 e. The lowest BCUT2D eigenvalue weighted by molar-refractivity contribution is 0.463. The number of sulfonamides is 1. The van der Waals surface area contributed by atoms with Crippen LogP contribution < -0.4 is 15.2 Å². The van der Waals surface area contributed by atoms with E-state index in [0.717, 1.165) is 0 Å². The Labute approximate surface area is 177 Å². The highest BCUT2D eigenvalue weighted by atomic mass is 35.5. The molecule has 3 N–H and O–H groups in total. The van der Waals surface area contributed by atoms with Crippen molar-refractivity contribution in [2.24, 2.45) is 5.73 Å². The minimum atomic E-state index is -3.78. The molecule has 0 spiro atoms. The summed E-state index contributed by atoms with van der Waals surface area (Å²) in [7, 11) is -3.78. The Morgan fingerprint density at radius 3 is 2.46 bits per heavy atom. The number of rotatable bonds is 6. The van der Waals surface area contributed by atoms with E-state index in [4.69, 9.17) is 45.9 Å². The van der Waals surface area contributed by atoms with Gasteiger partial charge >= 0.3 is 0 Å². The molecular weight excluding hydrogens is 441 g/mol. The van der Waals surface area contributed by atoms with Gasteiger partial charge in [0.05, 0.1) is 10.6 Å². The maximum Gasteiger partial charge on any atom is 0.261 e. The molecule has 28 heavy (non-hydrogen) atoms. The number of anilines is 1. The molecule has 0 aliphatic rings. The zero-order valence-electron chi connectivity index (χ0n) is 14.1. The summed E-state index contributed by atoms with van der Waals surface area (Å²) in [5, 5.41) is 0.611. The maximum atomic E-state index is 12.5. The van der Waals surface area contributed by atoms with E-state index in [0.29, 0.717) is 22.0 Å². The molecular formula is C18H13Cl2N3O3S2. The van der Waals surface area contributed by atoms with Crippen molar-refractivity contribution in [3.63, 3.8) is 0 Å². The van der Waals surface area contributed by atoms with Crippen LogP contribution in [0, 0.1) is 0 Å². The Kier molecular flexibility index (Phi) is 6.04. The molecule has 1 heterocycles. The van der Waals surface area contributed by atoms with Gasteiger partial charge in [-0.15, -0.1) is 0 Å². The van der Waals surface area contributed by atoms with Gasteiger partial charge in [-0.05, 0) is 42.5 Å². The summed E-state index contributed by atoms with van der Waals surface area (Å²) in [6, 6.07) is 15.3. The van der Waals surface area contributed by atoms with Crippen molar-refractivity contribution in [2.75, 3.05) is 4.72 Å². The quantitative estimate of drug-likeness (QED) is 0.417. The van der Waals surface area contributed by atoms with Gasteiger partial charge in [0.1, 0.15) is 15.9 Å². The van der Waals surface area contributed by atoms with E-state index in [1.807, 2.05) is 0 Å². The first kappa shape index (κ1) is 20.3. The van der Waals surface area contributed by atoms with Gasteiger partial charge in [-0.3, -0.25) is 4.72 Å². The summed E-state index contributed by atoms with van der Waals surface area (Å²) >= 11 is 16.7. The first-order valence-corrected chi connectivity index (χ1v) is 10.4. The third-order valence-corrected chi connectivity index (χ3v) is 5.57. The van der Waals surface area contributed by atoms with Gasteiger partial charge in [0, 0.05) is 22.7 Å². The SMILES string of the molecule is NC(=S)c1cc(Cl)nc(Oc2cccc(NS(=O)(=O)c3ccc(Cl)cc3)c2)c1. The molecule has 2 aromatic carbocycles. The van der Waals surface area contributed by atoms with Crippen molar-refractivity contribution in [1.29, 1.82) is 0 Å². The van der Waals surface area contributed by atoms with Gasteiger partial charge < -0.3 is 10.5 Å². The number of nitrogens with zero attached hydrogens (tertiary/aromatic N) is 1. The number of hydrogen-bond donors (Lipinski definition) is 2. The summed E-state index contributed by atoms with van der Waals surface area (Å²) in [5.41, 5.74) is 6.42. The van der Waals surface area contributed by atoms with Crippen molar-refractivity contribution in [3.05, 3.63) is 76.4 Å². The van der Waals surface area contributed by atoms with E-state index in [1.54, 1.807) is 24.3 Å². The smallest absolute Gasteiger partial charge is 0.261 e. The number of ether oxygens (including phenoxy) is 1. The lowest BCUT2D eigenvalue weighted by atomic mass is 10.2. The molecule has 0 fully saturated rings. The van der Waals surface area contributed by atoms with Crippen LogP contribution in [0.25, 0.3) is 0 Å². The number of nitrogens with one attached hydrogen (secondary N) is 1. The van der Waals surface area contributed by atoms with Gasteiger partial charge in [-0.1, -0.05) is 41.5 Å². The summed E-state index contributed by atoms with van der Waals surface area (Å²) in [5.74, 6) is 0.521. The molecule has 144 valence electrons. The number of thiocarbonyl (C=S) groups is 1. The standard InChI is InChI=1S/C18H13Cl2N3O3S2/c19-12-4-6-15(7-5-12)28(24,25)23-13-2-1-3-14(10-13)26-17-9-11(18(21)27)8-16(20)22-17/h1-10,23H,(H2,21,27). The van der Waals surface area contributed by atoms with Crippen molar-refractivity contribution in [2.45, 2.75) is 4.90 Å². The van der Waals surface area contributed by atoms with Crippen LogP contribution in [0.3, 0.4) is 0 Å². The monoisotopic (exact) mass is 453 g/mol. The van der Waals surface area contributed by atoms with E-state index in [-0.39, 0.29) is 20.9 Å². The first-order chi connectivity index (χ1) is 13.2. The molecule has 0 saturated heterocycles. The number of nitrogens with two attached hydrogens (primary N) is 1. The minimum absolute atomic E-state index is 0.0841. The number of halogens is 2. The highest BCUT2D eigenvalue weighted by Crippen LogP contribution is 2.26. The number of benzene rings is 2. The second-order valence-electron chi connectivity index (χ2n) is 5.57. The average Bonchev–Trinajstić information content (AvgIpc) is 2.61. The lowest BCUT2D eigenvalue weighted by Gasteiger charge is -2.11. The van der Waals surface area contributed by atoms with Crippen LogP contribution in [-0.2, 0) is 10.0 Å². The fourth-order valence-electron chi connectivity index (χ4n) is 2.24. The molecule has 0 aliphatic carbocycles. The van der Waals surface area contributed by atoms with Crippen LogP contribution in [0.4, 0.5) is 5.69 Å². The Hall–Kier alpha value is -2.39. The Balaban J connectivity index is 1.83. The summed E-state index contributed by atoms with van der Waals surface area (Å²) in [6.07, 6.45) is 0. The molecule has 0 unspecified atom stereocenters. The number of pyridine rings is 1. The van der Waals surface area contributed by atoms with Crippen LogP contribution in [0.1, 0.15) is 5.56 Å². The van der Waals surface area contributed by atoms with Crippen LogP contribution in [0.15, 0.2) is 65.6 Å². The molecule has 3 aromatic rings. The first-order valence-electron chi connectivity index (χ1n) is 7.77. The molecule has 6 nitrogen and oxygen atoms in total. The molecule has 0 saturated carbocycles. The van der Waals surface area contributed by atoms with Crippen molar-refractivity contribution < 1.29 is 13.2 Å². The topological polar surface area (TPSA) is 94.3 Å². The van der Waals surface area contributed by atoms with E-state index in [9.17, 15) is 8.42 Å². The van der Waals surface area contributed by atoms with Crippen LogP contribution in [-0.4, -0.2) is 18.4 Å². The van der Waals surface area contributed by atoms with E-state index in [1.165, 1.54) is 36.4 Å². The number of aromatic nitrogens is 1. The molecule has 0 radical (unpaired) electrons. The molecule has 0 amide bonds. The lowest BCUT2D eigenvalue weighted by Crippen LogP contribution is -2.12. The van der Waals surface area contributed by atoms with Crippen molar-refractivity contribution in [1.82, 2.24) is 4.98 Å². The molecule has 0 atom stereocenters. The van der Waals surface area contributed by atoms with Crippen LogP contribution >= 0.6 is 35.4 Å². The van der Waals surface area contributed by atoms with Crippen molar-refractivity contribution >= 4 is 56.1 Å². The third-order valence-electron chi connectivity index (χ3n) is 3.49. The zero-order valence-corrected chi connectivity index (χ0v) is 17.2. The Morgan fingerprint density at radius 1 is 1.07 bits per heavy atom. The minimum Gasteiger partial charge on any atom is -0.439 e. The highest BCUT2D eigenvalue weighted by molar-refractivity contribution is 7.92. The van der Waals surface area contributed by atoms with Gasteiger partial charge in [0.2, 0.25) is 5.88 Å². The normalized spacial score (nSPS) is 11.1. The molecule has 3 rings (SSSR count). The summed E-state index contributed by atoms with van der Waals surface area (Å²) in [4.78, 5) is 4.28. The van der Waals surface area contributed by atoms with E-state index in [2.05, 4.69) is 9.71 Å². The fraction of sp³-hybridized carbons (Fsp3) is 0. The zero-order chi connectivity index (χ0) is 20.3. The van der Waals surface area contributed by atoms with Crippen molar-refractivity contribution in [3.8, 4) is 11.6 Å². The second-order valence-corrected chi connectivity index (χ2v) is 8.52. The molecule has 0 aliphatic heterocycles. The fourth-order valence-corrected chi connectivity index (χ4v) is 3.73. The van der Waals surface area contributed by atoms with Gasteiger partial charge in [-0.25, -0.2) is 13.4 Å². The Morgan fingerprint density at radius 2 is 1.79 bits per heavy atom. The second kappa shape index (κ2) is 8.32. The van der Waals surface area contributed by atoms with Gasteiger partial charge in [-0.2, -0.15) is 0 Å². The van der Waals surface area contributed by atoms with Gasteiger partial charge in [0.15, 0.2) is 0 Å².